The summed E-state index contributed by atoms with van der Waals surface area (Å²) in [6.07, 6.45) is 4.57. The molecular weight excluding hydrogens is 236 g/mol. The largest absolute Gasteiger partial charge is 0.461 e. The van der Waals surface area contributed by atoms with E-state index in [1.54, 1.807) is 0 Å². The number of hydrogen-bond acceptors (Lipinski definition) is 2. The van der Waals surface area contributed by atoms with Gasteiger partial charge in [0.1, 0.15) is 6.61 Å². The van der Waals surface area contributed by atoms with Crippen molar-refractivity contribution in [1.82, 2.24) is 0 Å². The molecule has 1 aliphatic rings. The van der Waals surface area contributed by atoms with Crippen LogP contribution in [0.4, 0.5) is 0 Å². The van der Waals surface area contributed by atoms with Gasteiger partial charge in [0.25, 0.3) is 0 Å². The number of carbonyl (C=O) groups excluding carboxylic acids is 1. The SMILES string of the molecule is CC[C@@H]1CC[C@H](C(=O)OCc2ccccc2)[C@@H](C)C1. The average Bonchev–Trinajstić information content (AvgIpc) is 2.45. The monoisotopic (exact) mass is 260 g/mol. The van der Waals surface area contributed by atoms with Gasteiger partial charge in [-0.3, -0.25) is 4.79 Å². The number of hydrogen-bond donors (Lipinski definition) is 0. The highest BCUT2D eigenvalue weighted by molar-refractivity contribution is 5.72. The lowest BCUT2D eigenvalue weighted by Gasteiger charge is -2.32. The first-order valence-corrected chi connectivity index (χ1v) is 7.41. The normalized spacial score (nSPS) is 26.9. The Kier molecular flexibility index (Phi) is 5.00. The van der Waals surface area contributed by atoms with E-state index in [2.05, 4.69) is 13.8 Å². The van der Waals surface area contributed by atoms with Crippen molar-refractivity contribution < 1.29 is 9.53 Å². The Balaban J connectivity index is 1.83. The Morgan fingerprint density at radius 1 is 1.26 bits per heavy atom. The lowest BCUT2D eigenvalue weighted by molar-refractivity contribution is -0.153. The molecule has 0 bridgehead atoms. The third kappa shape index (κ3) is 3.82. The molecule has 2 rings (SSSR count). The van der Waals surface area contributed by atoms with Crippen molar-refractivity contribution in [3.8, 4) is 0 Å². The average molecular weight is 260 g/mol. The van der Waals surface area contributed by atoms with E-state index >= 15 is 0 Å². The second-order valence-corrected chi connectivity index (χ2v) is 5.76. The first kappa shape index (κ1) is 14.1. The van der Waals surface area contributed by atoms with Crippen LogP contribution in [0.1, 0.15) is 45.1 Å². The lowest BCUT2D eigenvalue weighted by Crippen LogP contribution is -2.30. The molecule has 0 aliphatic heterocycles. The van der Waals surface area contributed by atoms with Gasteiger partial charge in [-0.2, -0.15) is 0 Å². The van der Waals surface area contributed by atoms with E-state index in [4.69, 9.17) is 4.74 Å². The van der Waals surface area contributed by atoms with E-state index in [1.807, 2.05) is 30.3 Å². The molecular formula is C17H24O2. The van der Waals surface area contributed by atoms with Gasteiger partial charge in [-0.05, 0) is 36.7 Å². The van der Waals surface area contributed by atoms with Gasteiger partial charge in [-0.1, -0.05) is 50.6 Å². The Hall–Kier alpha value is -1.31. The van der Waals surface area contributed by atoms with Crippen LogP contribution in [0.5, 0.6) is 0 Å². The standard InChI is InChI=1S/C17H24O2/c1-3-14-9-10-16(13(2)11-14)17(18)19-12-15-7-5-4-6-8-15/h4-8,13-14,16H,3,9-12H2,1-2H3/t13-,14+,16-/m0/s1. The first-order valence-electron chi connectivity index (χ1n) is 7.41. The molecule has 19 heavy (non-hydrogen) atoms. The second kappa shape index (κ2) is 6.74. The summed E-state index contributed by atoms with van der Waals surface area (Å²) in [5.41, 5.74) is 1.06. The topological polar surface area (TPSA) is 26.3 Å². The summed E-state index contributed by atoms with van der Waals surface area (Å²) < 4.78 is 5.47. The van der Waals surface area contributed by atoms with Crippen molar-refractivity contribution in [2.75, 3.05) is 0 Å². The van der Waals surface area contributed by atoms with Crippen LogP contribution in [0.25, 0.3) is 0 Å². The first-order chi connectivity index (χ1) is 9.20. The zero-order chi connectivity index (χ0) is 13.7. The maximum absolute atomic E-state index is 12.2. The summed E-state index contributed by atoms with van der Waals surface area (Å²) in [6, 6.07) is 9.89. The van der Waals surface area contributed by atoms with E-state index in [0.717, 1.165) is 17.9 Å². The fourth-order valence-electron chi connectivity index (χ4n) is 3.06. The molecule has 104 valence electrons. The fraction of sp³-hybridized carbons (Fsp3) is 0.588. The number of rotatable bonds is 4. The predicted octanol–water partition coefficient (Wildman–Crippen LogP) is 4.19. The van der Waals surface area contributed by atoms with Gasteiger partial charge >= 0.3 is 5.97 Å². The summed E-state index contributed by atoms with van der Waals surface area (Å²) in [6.45, 7) is 4.84. The smallest absolute Gasteiger partial charge is 0.309 e. The van der Waals surface area contributed by atoms with E-state index in [9.17, 15) is 4.79 Å². The van der Waals surface area contributed by atoms with Crippen molar-refractivity contribution in [3.05, 3.63) is 35.9 Å². The lowest BCUT2D eigenvalue weighted by atomic mass is 9.74. The minimum Gasteiger partial charge on any atom is -0.461 e. The molecule has 0 spiro atoms. The molecule has 0 N–H and O–H groups in total. The van der Waals surface area contributed by atoms with Crippen molar-refractivity contribution in [2.45, 2.75) is 46.1 Å². The van der Waals surface area contributed by atoms with Crippen LogP contribution >= 0.6 is 0 Å². The highest BCUT2D eigenvalue weighted by Gasteiger charge is 2.32. The van der Waals surface area contributed by atoms with Gasteiger partial charge in [-0.15, -0.1) is 0 Å². The molecule has 1 saturated carbocycles. The van der Waals surface area contributed by atoms with E-state index in [-0.39, 0.29) is 11.9 Å². The van der Waals surface area contributed by atoms with Crippen LogP contribution in [-0.2, 0) is 16.1 Å². The molecule has 0 unspecified atom stereocenters. The van der Waals surface area contributed by atoms with Crippen molar-refractivity contribution in [1.29, 1.82) is 0 Å². The Morgan fingerprint density at radius 3 is 2.63 bits per heavy atom. The van der Waals surface area contributed by atoms with Gasteiger partial charge in [0, 0.05) is 0 Å². The van der Waals surface area contributed by atoms with Gasteiger partial charge in [0.15, 0.2) is 0 Å². The summed E-state index contributed by atoms with van der Waals surface area (Å²) in [4.78, 5) is 12.2. The van der Waals surface area contributed by atoms with Crippen LogP contribution in [0.15, 0.2) is 30.3 Å². The fourth-order valence-corrected chi connectivity index (χ4v) is 3.06. The predicted molar refractivity (Wildman–Crippen MR) is 76.5 cm³/mol. The van der Waals surface area contributed by atoms with Gasteiger partial charge < -0.3 is 4.74 Å². The molecule has 2 heteroatoms. The zero-order valence-corrected chi connectivity index (χ0v) is 12.0. The summed E-state index contributed by atoms with van der Waals surface area (Å²) in [7, 11) is 0. The molecule has 0 amide bonds. The molecule has 0 aromatic heterocycles. The van der Waals surface area contributed by atoms with Crippen LogP contribution in [-0.4, -0.2) is 5.97 Å². The quantitative estimate of drug-likeness (QED) is 0.759. The Morgan fingerprint density at radius 2 is 2.00 bits per heavy atom. The summed E-state index contributed by atoms with van der Waals surface area (Å²) >= 11 is 0. The van der Waals surface area contributed by atoms with Crippen molar-refractivity contribution in [2.24, 2.45) is 17.8 Å². The maximum Gasteiger partial charge on any atom is 0.309 e. The van der Waals surface area contributed by atoms with Crippen LogP contribution < -0.4 is 0 Å². The van der Waals surface area contributed by atoms with Crippen LogP contribution in [0, 0.1) is 17.8 Å². The molecule has 0 heterocycles. The van der Waals surface area contributed by atoms with Crippen molar-refractivity contribution in [3.63, 3.8) is 0 Å². The molecule has 2 nitrogen and oxygen atoms in total. The second-order valence-electron chi connectivity index (χ2n) is 5.76. The third-order valence-corrected chi connectivity index (χ3v) is 4.38. The highest BCUT2D eigenvalue weighted by atomic mass is 16.5. The summed E-state index contributed by atoms with van der Waals surface area (Å²) in [5.74, 6) is 1.35. The number of ether oxygens (including phenoxy) is 1. The van der Waals surface area contributed by atoms with E-state index in [1.165, 1.54) is 19.3 Å². The third-order valence-electron chi connectivity index (χ3n) is 4.38. The Labute approximate surface area is 116 Å². The molecule has 0 saturated heterocycles. The van der Waals surface area contributed by atoms with E-state index in [0.29, 0.717) is 12.5 Å². The number of carbonyl (C=O) groups is 1. The summed E-state index contributed by atoms with van der Waals surface area (Å²) in [5, 5.41) is 0. The minimum atomic E-state index is -0.00842. The maximum atomic E-state index is 12.2. The van der Waals surface area contributed by atoms with Gasteiger partial charge in [0.2, 0.25) is 0 Å². The zero-order valence-electron chi connectivity index (χ0n) is 12.0. The minimum absolute atomic E-state index is 0.00842. The highest BCUT2D eigenvalue weighted by Crippen LogP contribution is 2.35. The van der Waals surface area contributed by atoms with Crippen LogP contribution in [0.2, 0.25) is 0 Å². The Bertz CT molecular complexity index is 399. The van der Waals surface area contributed by atoms with Gasteiger partial charge in [0.05, 0.1) is 5.92 Å². The number of esters is 1. The van der Waals surface area contributed by atoms with Crippen LogP contribution in [0.3, 0.4) is 0 Å². The molecule has 0 radical (unpaired) electrons. The molecule has 1 aliphatic carbocycles. The molecule has 1 aromatic rings. The molecule has 3 atom stereocenters. The van der Waals surface area contributed by atoms with Crippen molar-refractivity contribution >= 4 is 5.97 Å². The van der Waals surface area contributed by atoms with Gasteiger partial charge in [-0.25, -0.2) is 0 Å². The molecule has 1 aromatic carbocycles. The molecule has 1 fully saturated rings. The number of benzene rings is 1. The van der Waals surface area contributed by atoms with E-state index < -0.39 is 0 Å².